The Morgan fingerprint density at radius 1 is 1.61 bits per heavy atom. The lowest BCUT2D eigenvalue weighted by Crippen LogP contribution is -2.42. The molecule has 6 heteroatoms. The molecule has 0 bridgehead atoms. The van der Waals surface area contributed by atoms with Gasteiger partial charge in [0.15, 0.2) is 0 Å². The van der Waals surface area contributed by atoms with E-state index < -0.39 is 0 Å². The number of nitrogens with zero attached hydrogens (tertiary/aromatic N) is 3. The average Bonchev–Trinajstić information content (AvgIpc) is 2.41. The van der Waals surface area contributed by atoms with E-state index in [1.807, 2.05) is 0 Å². The summed E-state index contributed by atoms with van der Waals surface area (Å²) in [5, 5.41) is 3.38. The summed E-state index contributed by atoms with van der Waals surface area (Å²) in [7, 11) is 1.61. The molecule has 1 unspecified atom stereocenters. The summed E-state index contributed by atoms with van der Waals surface area (Å²) in [5.74, 6) is 1.20. The first kappa shape index (κ1) is 13.5. The van der Waals surface area contributed by atoms with Crippen LogP contribution in [0.2, 0.25) is 0 Å². The summed E-state index contributed by atoms with van der Waals surface area (Å²) in [6.45, 7) is 5.54. The van der Waals surface area contributed by atoms with Gasteiger partial charge >= 0.3 is 0 Å². The molecule has 100 valence electrons. The molecule has 1 atom stereocenters. The Morgan fingerprint density at radius 2 is 2.44 bits per heavy atom. The molecule has 1 aromatic rings. The molecule has 0 aliphatic carbocycles. The largest absolute Gasteiger partial charge is 0.480 e. The quantitative estimate of drug-likeness (QED) is 0.922. The number of hydrogen-bond acceptors (Lipinski definition) is 5. The van der Waals surface area contributed by atoms with E-state index in [1.165, 1.54) is 13.0 Å². The molecular weight excluding hydrogens is 296 g/mol. The minimum absolute atomic E-state index is 0.421. The van der Waals surface area contributed by atoms with Crippen LogP contribution in [-0.2, 0) is 0 Å². The van der Waals surface area contributed by atoms with Crippen LogP contribution < -0.4 is 10.1 Å². The second-order valence-electron chi connectivity index (χ2n) is 4.43. The number of halogens is 1. The van der Waals surface area contributed by atoms with E-state index in [2.05, 4.69) is 43.0 Å². The SMILES string of the molecule is CCN1CCCC(Nc2ncc(Br)c(OC)n2)C1. The van der Waals surface area contributed by atoms with Gasteiger partial charge < -0.3 is 15.0 Å². The Bertz CT molecular complexity index is 402. The Labute approximate surface area is 116 Å². The molecule has 1 aliphatic rings. The predicted octanol–water partition coefficient (Wildman–Crippen LogP) is 2.14. The van der Waals surface area contributed by atoms with Gasteiger partial charge in [-0.25, -0.2) is 4.98 Å². The lowest BCUT2D eigenvalue weighted by Gasteiger charge is -2.32. The van der Waals surface area contributed by atoms with Crippen LogP contribution in [0, 0.1) is 0 Å². The van der Waals surface area contributed by atoms with Crippen LogP contribution in [0.1, 0.15) is 19.8 Å². The normalized spacial score (nSPS) is 20.7. The average molecular weight is 315 g/mol. The molecule has 0 spiro atoms. The van der Waals surface area contributed by atoms with Crippen molar-refractivity contribution in [3.8, 4) is 5.88 Å². The van der Waals surface area contributed by atoms with Crippen LogP contribution in [0.3, 0.4) is 0 Å². The number of aromatic nitrogens is 2. The molecule has 0 radical (unpaired) electrons. The highest BCUT2D eigenvalue weighted by Gasteiger charge is 2.19. The van der Waals surface area contributed by atoms with Crippen LogP contribution in [0.5, 0.6) is 5.88 Å². The van der Waals surface area contributed by atoms with Crippen molar-refractivity contribution in [2.45, 2.75) is 25.8 Å². The fourth-order valence-corrected chi connectivity index (χ4v) is 2.56. The van der Waals surface area contributed by atoms with Crippen molar-refractivity contribution in [1.82, 2.24) is 14.9 Å². The van der Waals surface area contributed by atoms with Crippen molar-refractivity contribution in [3.63, 3.8) is 0 Å². The van der Waals surface area contributed by atoms with Crippen LogP contribution in [0.15, 0.2) is 10.7 Å². The van der Waals surface area contributed by atoms with Gasteiger partial charge in [0, 0.05) is 12.6 Å². The van der Waals surface area contributed by atoms with Gasteiger partial charge in [-0.1, -0.05) is 6.92 Å². The van der Waals surface area contributed by atoms with E-state index in [1.54, 1.807) is 13.3 Å². The van der Waals surface area contributed by atoms with Gasteiger partial charge in [-0.05, 0) is 41.9 Å². The summed E-state index contributed by atoms with van der Waals surface area (Å²) < 4.78 is 5.94. The Kier molecular flexibility index (Phi) is 4.77. The number of likely N-dealkylation sites (N-methyl/N-ethyl adjacent to an activating group) is 1. The highest BCUT2D eigenvalue weighted by Crippen LogP contribution is 2.22. The van der Waals surface area contributed by atoms with E-state index in [0.29, 0.717) is 17.9 Å². The smallest absolute Gasteiger partial charge is 0.232 e. The van der Waals surface area contributed by atoms with Crippen molar-refractivity contribution in [2.24, 2.45) is 0 Å². The number of rotatable bonds is 4. The fraction of sp³-hybridized carbons (Fsp3) is 0.667. The monoisotopic (exact) mass is 314 g/mol. The maximum Gasteiger partial charge on any atom is 0.232 e. The van der Waals surface area contributed by atoms with Crippen molar-refractivity contribution in [2.75, 3.05) is 32.1 Å². The molecule has 2 heterocycles. The molecule has 1 N–H and O–H groups in total. The zero-order valence-corrected chi connectivity index (χ0v) is 12.4. The maximum absolute atomic E-state index is 5.17. The highest BCUT2D eigenvalue weighted by atomic mass is 79.9. The Hall–Kier alpha value is -0.880. The van der Waals surface area contributed by atoms with Gasteiger partial charge in [-0.2, -0.15) is 4.98 Å². The molecular formula is C12H19BrN4O. The number of ether oxygens (including phenoxy) is 1. The second-order valence-corrected chi connectivity index (χ2v) is 5.28. The zero-order chi connectivity index (χ0) is 13.0. The summed E-state index contributed by atoms with van der Waals surface area (Å²) >= 11 is 3.35. The van der Waals surface area contributed by atoms with Crippen molar-refractivity contribution >= 4 is 21.9 Å². The molecule has 1 aromatic heterocycles. The van der Waals surface area contributed by atoms with Gasteiger partial charge in [0.25, 0.3) is 0 Å². The Morgan fingerprint density at radius 3 is 3.17 bits per heavy atom. The molecule has 5 nitrogen and oxygen atoms in total. The number of piperidine rings is 1. The molecule has 18 heavy (non-hydrogen) atoms. The summed E-state index contributed by atoms with van der Waals surface area (Å²) in [4.78, 5) is 11.0. The number of likely N-dealkylation sites (tertiary alicyclic amines) is 1. The second kappa shape index (κ2) is 6.33. The maximum atomic E-state index is 5.17. The standard InChI is InChI=1S/C12H19BrN4O/c1-3-17-6-4-5-9(8-17)15-12-14-7-10(13)11(16-12)18-2/h7,9H,3-6,8H2,1-2H3,(H,14,15,16). The van der Waals surface area contributed by atoms with Gasteiger partial charge in [-0.15, -0.1) is 0 Å². The fourth-order valence-electron chi connectivity index (χ4n) is 2.21. The third-order valence-corrected chi connectivity index (χ3v) is 3.74. The lowest BCUT2D eigenvalue weighted by atomic mass is 10.1. The summed E-state index contributed by atoms with van der Waals surface area (Å²) in [5.41, 5.74) is 0. The molecule has 2 rings (SSSR count). The number of hydrogen-bond donors (Lipinski definition) is 1. The summed E-state index contributed by atoms with van der Waals surface area (Å²) in [6.07, 6.45) is 4.10. The molecule has 0 aromatic carbocycles. The van der Waals surface area contributed by atoms with E-state index in [9.17, 15) is 0 Å². The van der Waals surface area contributed by atoms with E-state index in [0.717, 1.165) is 24.0 Å². The first-order valence-corrected chi connectivity index (χ1v) is 7.07. The van der Waals surface area contributed by atoms with E-state index in [4.69, 9.17) is 4.74 Å². The summed E-state index contributed by atoms with van der Waals surface area (Å²) in [6, 6.07) is 0.421. The van der Waals surface area contributed by atoms with Crippen LogP contribution >= 0.6 is 15.9 Å². The van der Waals surface area contributed by atoms with Crippen molar-refractivity contribution in [1.29, 1.82) is 0 Å². The Balaban J connectivity index is 2.00. The van der Waals surface area contributed by atoms with Crippen LogP contribution in [0.4, 0.5) is 5.95 Å². The highest BCUT2D eigenvalue weighted by molar-refractivity contribution is 9.10. The van der Waals surface area contributed by atoms with E-state index >= 15 is 0 Å². The van der Waals surface area contributed by atoms with Crippen molar-refractivity contribution < 1.29 is 4.74 Å². The first-order chi connectivity index (χ1) is 8.72. The van der Waals surface area contributed by atoms with Crippen LogP contribution in [-0.4, -0.2) is 47.7 Å². The van der Waals surface area contributed by atoms with E-state index in [-0.39, 0.29) is 0 Å². The van der Waals surface area contributed by atoms with Gasteiger partial charge in [0.1, 0.15) is 0 Å². The van der Waals surface area contributed by atoms with Gasteiger partial charge in [-0.3, -0.25) is 0 Å². The minimum atomic E-state index is 0.421. The van der Waals surface area contributed by atoms with Gasteiger partial charge in [0.2, 0.25) is 11.8 Å². The zero-order valence-electron chi connectivity index (χ0n) is 10.8. The van der Waals surface area contributed by atoms with Crippen LogP contribution in [0.25, 0.3) is 0 Å². The molecule has 0 saturated carbocycles. The minimum Gasteiger partial charge on any atom is -0.480 e. The van der Waals surface area contributed by atoms with Crippen molar-refractivity contribution in [3.05, 3.63) is 10.7 Å². The third kappa shape index (κ3) is 3.32. The number of nitrogens with one attached hydrogen (secondary N) is 1. The molecule has 0 amide bonds. The molecule has 1 fully saturated rings. The topological polar surface area (TPSA) is 50.3 Å². The van der Waals surface area contributed by atoms with Gasteiger partial charge in [0.05, 0.1) is 17.8 Å². The predicted molar refractivity (Wildman–Crippen MR) is 75.0 cm³/mol. The molecule has 1 saturated heterocycles. The third-order valence-electron chi connectivity index (χ3n) is 3.19. The number of methoxy groups -OCH3 is 1. The number of anilines is 1. The molecule has 1 aliphatic heterocycles. The lowest BCUT2D eigenvalue weighted by molar-refractivity contribution is 0.226. The first-order valence-electron chi connectivity index (χ1n) is 6.28.